The molecular weight excluding hydrogens is 270 g/mol. The highest BCUT2D eigenvalue weighted by Crippen LogP contribution is 2.46. The fraction of sp³-hybridized carbons (Fsp3) is 0.867. The van der Waals surface area contributed by atoms with E-state index in [-0.39, 0.29) is 0 Å². The monoisotopic (exact) mass is 297 g/mol. The molecule has 1 fully saturated rings. The Morgan fingerprint density at radius 2 is 2.10 bits per heavy atom. The van der Waals surface area contributed by atoms with Crippen LogP contribution in [-0.2, 0) is 0 Å². The molecule has 114 valence electrons. The highest BCUT2D eigenvalue weighted by atomic mass is 32.2. The van der Waals surface area contributed by atoms with Crippen molar-refractivity contribution in [1.29, 1.82) is 0 Å². The lowest BCUT2D eigenvalue weighted by Gasteiger charge is -2.42. The van der Waals surface area contributed by atoms with E-state index in [9.17, 15) is 0 Å². The zero-order chi connectivity index (χ0) is 14.8. The van der Waals surface area contributed by atoms with Crippen LogP contribution in [0.5, 0.6) is 0 Å². The van der Waals surface area contributed by atoms with Gasteiger partial charge in [-0.15, -0.1) is 10.2 Å². The average Bonchev–Trinajstić information content (AvgIpc) is 2.84. The van der Waals surface area contributed by atoms with Crippen LogP contribution >= 0.6 is 11.8 Å². The lowest BCUT2D eigenvalue weighted by molar-refractivity contribution is 0.134. The molecule has 20 heavy (non-hydrogen) atoms. The van der Waals surface area contributed by atoms with Crippen molar-refractivity contribution >= 4 is 11.8 Å². The summed E-state index contributed by atoms with van der Waals surface area (Å²) < 4.78 is 5.53. The predicted molar refractivity (Wildman–Crippen MR) is 82.6 cm³/mol. The second kappa shape index (κ2) is 6.48. The van der Waals surface area contributed by atoms with Crippen LogP contribution in [0.3, 0.4) is 0 Å². The van der Waals surface area contributed by atoms with Gasteiger partial charge in [0.1, 0.15) is 0 Å². The van der Waals surface area contributed by atoms with Gasteiger partial charge in [-0.2, -0.15) is 0 Å². The van der Waals surface area contributed by atoms with E-state index in [1.807, 2.05) is 6.92 Å². The molecular formula is C15H27N3OS. The Balaban J connectivity index is 2.06. The number of hydrogen-bond donors (Lipinski definition) is 1. The van der Waals surface area contributed by atoms with Crippen LogP contribution in [0.15, 0.2) is 9.64 Å². The maximum Gasteiger partial charge on any atom is 0.276 e. The predicted octanol–water partition coefficient (Wildman–Crippen LogP) is 3.65. The highest BCUT2D eigenvalue weighted by Gasteiger charge is 2.37. The number of nitrogens with zero attached hydrogens (tertiary/aromatic N) is 2. The third kappa shape index (κ3) is 3.55. The first-order valence-corrected chi connectivity index (χ1v) is 8.51. The molecule has 0 aliphatic heterocycles. The summed E-state index contributed by atoms with van der Waals surface area (Å²) in [4.78, 5) is 0. The van der Waals surface area contributed by atoms with Crippen molar-refractivity contribution in [2.45, 2.75) is 63.9 Å². The van der Waals surface area contributed by atoms with Gasteiger partial charge >= 0.3 is 0 Å². The van der Waals surface area contributed by atoms with E-state index < -0.39 is 0 Å². The van der Waals surface area contributed by atoms with E-state index in [2.05, 4.69) is 31.0 Å². The van der Waals surface area contributed by atoms with Crippen LogP contribution < -0.4 is 5.73 Å². The molecule has 2 rings (SSSR count). The molecule has 0 bridgehead atoms. The first-order valence-electron chi connectivity index (χ1n) is 7.63. The molecule has 1 aliphatic rings. The van der Waals surface area contributed by atoms with E-state index >= 15 is 0 Å². The Labute approximate surface area is 126 Å². The molecule has 1 aliphatic carbocycles. The van der Waals surface area contributed by atoms with Gasteiger partial charge in [0.05, 0.1) is 0 Å². The molecule has 5 heteroatoms. The van der Waals surface area contributed by atoms with Crippen LogP contribution in [-0.4, -0.2) is 22.0 Å². The van der Waals surface area contributed by atoms with Crippen molar-refractivity contribution in [3.63, 3.8) is 0 Å². The number of aromatic nitrogens is 2. The van der Waals surface area contributed by atoms with E-state index in [4.69, 9.17) is 10.2 Å². The molecule has 1 saturated carbocycles. The van der Waals surface area contributed by atoms with Crippen molar-refractivity contribution in [2.24, 2.45) is 23.0 Å². The molecule has 4 nitrogen and oxygen atoms in total. The van der Waals surface area contributed by atoms with Crippen molar-refractivity contribution in [3.05, 3.63) is 5.89 Å². The lowest BCUT2D eigenvalue weighted by Crippen LogP contribution is -2.37. The number of aryl methyl sites for hydroxylation is 1. The number of thioether (sulfide) groups is 1. The summed E-state index contributed by atoms with van der Waals surface area (Å²) in [5.74, 6) is 1.96. The van der Waals surface area contributed by atoms with E-state index in [1.165, 1.54) is 25.7 Å². The largest absolute Gasteiger partial charge is 0.416 e. The smallest absolute Gasteiger partial charge is 0.276 e. The van der Waals surface area contributed by atoms with Gasteiger partial charge in [0.2, 0.25) is 5.89 Å². The maximum absolute atomic E-state index is 5.96. The van der Waals surface area contributed by atoms with Crippen LogP contribution in [0.4, 0.5) is 0 Å². The van der Waals surface area contributed by atoms with E-state index in [0.29, 0.717) is 27.7 Å². The first-order chi connectivity index (χ1) is 9.46. The van der Waals surface area contributed by atoms with Gasteiger partial charge in [0.15, 0.2) is 0 Å². The number of rotatable bonds is 5. The Morgan fingerprint density at radius 3 is 2.65 bits per heavy atom. The Kier molecular flexibility index (Phi) is 5.13. The summed E-state index contributed by atoms with van der Waals surface area (Å²) in [5.41, 5.74) is 6.37. The first kappa shape index (κ1) is 15.8. The summed E-state index contributed by atoms with van der Waals surface area (Å²) >= 11 is 1.73. The zero-order valence-corrected chi connectivity index (χ0v) is 13.9. The molecule has 3 unspecified atom stereocenters. The third-order valence-electron chi connectivity index (χ3n) is 5.01. The molecule has 0 radical (unpaired) electrons. The average molecular weight is 297 g/mol. The van der Waals surface area contributed by atoms with Gasteiger partial charge in [-0.25, -0.2) is 0 Å². The van der Waals surface area contributed by atoms with Crippen molar-refractivity contribution in [2.75, 3.05) is 6.54 Å². The standard InChI is InChI=1S/C15H27N3OS/c1-5-15(3,4)12-7-6-11(9-16)13(8-12)20-14-18-17-10(2)19-14/h11-13H,5-9,16H2,1-4H3. The second-order valence-electron chi connectivity index (χ2n) is 6.59. The third-order valence-corrected chi connectivity index (χ3v) is 6.25. The summed E-state index contributed by atoms with van der Waals surface area (Å²) in [6.45, 7) is 9.65. The highest BCUT2D eigenvalue weighted by molar-refractivity contribution is 7.99. The SMILES string of the molecule is CCC(C)(C)C1CCC(CN)C(Sc2nnc(C)o2)C1. The number of nitrogens with two attached hydrogens (primary N) is 1. The molecule has 0 amide bonds. The Morgan fingerprint density at radius 1 is 1.35 bits per heavy atom. The molecule has 1 aromatic heterocycles. The Bertz CT molecular complexity index is 433. The normalized spacial score (nSPS) is 27.8. The van der Waals surface area contributed by atoms with Crippen molar-refractivity contribution in [1.82, 2.24) is 10.2 Å². The summed E-state index contributed by atoms with van der Waals surface area (Å²) in [5, 5.41) is 9.24. The Hall–Kier alpha value is -0.550. The quantitative estimate of drug-likeness (QED) is 0.898. The fourth-order valence-electron chi connectivity index (χ4n) is 3.06. The van der Waals surface area contributed by atoms with Crippen LogP contribution in [0.25, 0.3) is 0 Å². The lowest BCUT2D eigenvalue weighted by atomic mass is 9.67. The van der Waals surface area contributed by atoms with Crippen LogP contribution in [0.1, 0.15) is 52.3 Å². The second-order valence-corrected chi connectivity index (χ2v) is 7.78. The zero-order valence-electron chi connectivity index (χ0n) is 13.1. The minimum Gasteiger partial charge on any atom is -0.416 e. The van der Waals surface area contributed by atoms with E-state index in [1.54, 1.807) is 11.8 Å². The minimum absolute atomic E-state index is 0.406. The summed E-state index contributed by atoms with van der Waals surface area (Å²) in [6, 6.07) is 0. The van der Waals surface area contributed by atoms with Gasteiger partial charge in [0.25, 0.3) is 5.22 Å². The molecule has 3 atom stereocenters. The van der Waals surface area contributed by atoms with Gasteiger partial charge < -0.3 is 10.2 Å². The minimum atomic E-state index is 0.406. The molecule has 2 N–H and O–H groups in total. The van der Waals surface area contributed by atoms with Crippen molar-refractivity contribution < 1.29 is 4.42 Å². The topological polar surface area (TPSA) is 64.9 Å². The maximum atomic E-state index is 5.96. The molecule has 1 heterocycles. The summed E-state index contributed by atoms with van der Waals surface area (Å²) in [6.07, 6.45) is 4.94. The summed E-state index contributed by atoms with van der Waals surface area (Å²) in [7, 11) is 0. The van der Waals surface area contributed by atoms with E-state index in [0.717, 1.165) is 12.5 Å². The van der Waals surface area contributed by atoms with Gasteiger partial charge in [-0.1, -0.05) is 39.0 Å². The van der Waals surface area contributed by atoms with Gasteiger partial charge in [0, 0.05) is 12.2 Å². The number of hydrogen-bond acceptors (Lipinski definition) is 5. The molecule has 0 spiro atoms. The molecule has 1 aromatic rings. The fourth-order valence-corrected chi connectivity index (χ4v) is 4.34. The van der Waals surface area contributed by atoms with Crippen LogP contribution in [0.2, 0.25) is 0 Å². The molecule has 0 aromatic carbocycles. The van der Waals surface area contributed by atoms with Crippen molar-refractivity contribution in [3.8, 4) is 0 Å². The van der Waals surface area contributed by atoms with Crippen LogP contribution in [0, 0.1) is 24.2 Å². The van der Waals surface area contributed by atoms with Gasteiger partial charge in [-0.05, 0) is 43.1 Å². The van der Waals surface area contributed by atoms with Gasteiger partial charge in [-0.3, -0.25) is 0 Å². The molecule has 0 saturated heterocycles.